The molecule has 5 nitrogen and oxygen atoms in total. The molecule has 1 aromatic heterocycles. The Kier molecular flexibility index (Phi) is 5.08. The number of sulfonamides is 1. The van der Waals surface area contributed by atoms with Gasteiger partial charge in [0, 0.05) is 12.6 Å². The Morgan fingerprint density at radius 1 is 1.58 bits per heavy atom. The van der Waals surface area contributed by atoms with Crippen molar-refractivity contribution in [2.45, 2.75) is 24.0 Å². The Bertz CT molecular complexity index is 560. The summed E-state index contributed by atoms with van der Waals surface area (Å²) in [5.41, 5.74) is 0. The lowest BCUT2D eigenvalue weighted by Crippen LogP contribution is -2.51. The van der Waals surface area contributed by atoms with Gasteiger partial charge in [-0.3, -0.25) is 0 Å². The first kappa shape index (κ1) is 15.9. The minimum atomic E-state index is -3.59. The number of aliphatic hydroxyl groups excluding tert-OH is 1. The zero-order valence-electron chi connectivity index (χ0n) is 10.0. The van der Waals surface area contributed by atoms with E-state index in [0.29, 0.717) is 3.79 Å². The number of hydrogen-bond donors (Lipinski definition) is 1. The molecule has 1 saturated heterocycles. The summed E-state index contributed by atoms with van der Waals surface area (Å²) in [4.78, 5) is 0.245. The van der Waals surface area contributed by atoms with Gasteiger partial charge >= 0.3 is 0 Å². The second-order valence-electron chi connectivity index (χ2n) is 4.25. The van der Waals surface area contributed by atoms with E-state index in [-0.39, 0.29) is 30.7 Å². The lowest BCUT2D eigenvalue weighted by molar-refractivity contribution is -0.0516. The number of aliphatic hydroxyl groups is 1. The van der Waals surface area contributed by atoms with Crippen molar-refractivity contribution < 1.29 is 18.3 Å². The maximum Gasteiger partial charge on any atom is 0.245 e. The van der Waals surface area contributed by atoms with Crippen molar-refractivity contribution in [1.82, 2.24) is 4.31 Å². The van der Waals surface area contributed by atoms with Crippen molar-refractivity contribution in [3.8, 4) is 0 Å². The van der Waals surface area contributed by atoms with Crippen LogP contribution in [0.1, 0.15) is 6.92 Å². The molecular weight excluding hydrogens is 422 g/mol. The van der Waals surface area contributed by atoms with E-state index in [9.17, 15) is 8.42 Å². The molecule has 1 aliphatic heterocycles. The van der Waals surface area contributed by atoms with Gasteiger partial charge in [0.25, 0.3) is 0 Å². The summed E-state index contributed by atoms with van der Waals surface area (Å²) >= 11 is 7.87. The molecule has 0 aromatic carbocycles. The summed E-state index contributed by atoms with van der Waals surface area (Å²) in [6.07, 6.45) is -0.466. The van der Waals surface area contributed by atoms with Gasteiger partial charge in [-0.1, -0.05) is 0 Å². The highest BCUT2D eigenvalue weighted by Crippen LogP contribution is 2.37. The highest BCUT2D eigenvalue weighted by Gasteiger charge is 2.36. The van der Waals surface area contributed by atoms with E-state index >= 15 is 0 Å². The van der Waals surface area contributed by atoms with Crippen molar-refractivity contribution in [2.75, 3.05) is 19.8 Å². The van der Waals surface area contributed by atoms with Crippen molar-refractivity contribution in [3.63, 3.8) is 0 Å². The summed E-state index contributed by atoms with van der Waals surface area (Å²) < 4.78 is 33.3. The van der Waals surface area contributed by atoms with Crippen LogP contribution in [-0.2, 0) is 14.8 Å². The Balaban J connectivity index is 2.35. The molecule has 0 radical (unpaired) electrons. The first-order valence-electron chi connectivity index (χ1n) is 5.55. The van der Waals surface area contributed by atoms with Crippen LogP contribution < -0.4 is 0 Å². The van der Waals surface area contributed by atoms with Crippen molar-refractivity contribution in [1.29, 1.82) is 0 Å². The molecule has 0 aliphatic carbocycles. The molecule has 2 unspecified atom stereocenters. The highest BCUT2D eigenvalue weighted by molar-refractivity contribution is 9.12. The predicted octanol–water partition coefficient (Wildman–Crippen LogP) is 2.04. The van der Waals surface area contributed by atoms with Crippen LogP contribution in [0.4, 0.5) is 0 Å². The standard InChI is InChI=1S/C10H13Br2NO4S2/c1-6-5-17-7(4-14)3-13(6)19(15,16)8-2-9(11)18-10(8)12/h2,6-7,14H,3-5H2,1H3. The smallest absolute Gasteiger partial charge is 0.245 e. The van der Waals surface area contributed by atoms with Gasteiger partial charge in [0.1, 0.15) is 4.90 Å². The lowest BCUT2D eigenvalue weighted by atomic mass is 10.2. The molecule has 2 heterocycles. The molecule has 19 heavy (non-hydrogen) atoms. The third-order valence-electron chi connectivity index (χ3n) is 2.86. The van der Waals surface area contributed by atoms with Crippen molar-refractivity contribution in [2.24, 2.45) is 0 Å². The molecule has 0 spiro atoms. The Hall–Kier alpha value is 0.490. The molecule has 0 bridgehead atoms. The zero-order valence-corrected chi connectivity index (χ0v) is 14.8. The number of rotatable bonds is 3. The summed E-state index contributed by atoms with van der Waals surface area (Å²) in [6.45, 7) is 2.06. The Morgan fingerprint density at radius 3 is 2.79 bits per heavy atom. The molecule has 1 N–H and O–H groups in total. The molecule has 1 aliphatic rings. The molecule has 2 atom stereocenters. The number of ether oxygens (including phenoxy) is 1. The van der Waals surface area contributed by atoms with Crippen molar-refractivity contribution >= 4 is 53.2 Å². The topological polar surface area (TPSA) is 66.8 Å². The van der Waals surface area contributed by atoms with Gasteiger partial charge < -0.3 is 9.84 Å². The quantitative estimate of drug-likeness (QED) is 0.790. The number of thiophene rings is 1. The van der Waals surface area contributed by atoms with Gasteiger partial charge in [-0.05, 0) is 44.8 Å². The second-order valence-corrected chi connectivity index (χ2v) is 9.86. The second kappa shape index (κ2) is 6.08. The molecule has 108 valence electrons. The Morgan fingerprint density at radius 2 is 2.26 bits per heavy atom. The first-order valence-corrected chi connectivity index (χ1v) is 9.39. The summed E-state index contributed by atoms with van der Waals surface area (Å²) in [6, 6.07) is 1.33. The largest absolute Gasteiger partial charge is 0.394 e. The van der Waals surface area contributed by atoms with E-state index in [1.165, 1.54) is 15.6 Å². The van der Waals surface area contributed by atoms with Crippen LogP contribution in [0.5, 0.6) is 0 Å². The molecule has 0 saturated carbocycles. The minimum absolute atomic E-state index is 0.167. The van der Waals surface area contributed by atoms with E-state index in [2.05, 4.69) is 31.9 Å². The highest BCUT2D eigenvalue weighted by atomic mass is 79.9. The number of morpholine rings is 1. The normalized spacial score (nSPS) is 25.7. The third-order valence-corrected chi connectivity index (χ3v) is 7.60. The average Bonchev–Trinajstić information content (AvgIpc) is 2.69. The average molecular weight is 435 g/mol. The number of hydrogen-bond acceptors (Lipinski definition) is 5. The maximum atomic E-state index is 12.6. The SMILES string of the molecule is CC1COC(CO)CN1S(=O)(=O)c1cc(Br)sc1Br. The maximum absolute atomic E-state index is 12.6. The van der Waals surface area contributed by atoms with Gasteiger partial charge in [-0.15, -0.1) is 11.3 Å². The van der Waals surface area contributed by atoms with Crippen LogP contribution in [0.2, 0.25) is 0 Å². The van der Waals surface area contributed by atoms with Crippen molar-refractivity contribution in [3.05, 3.63) is 13.6 Å². The van der Waals surface area contributed by atoms with E-state index in [1.807, 2.05) is 0 Å². The van der Waals surface area contributed by atoms with E-state index in [0.717, 1.165) is 3.79 Å². The zero-order chi connectivity index (χ0) is 14.2. The molecule has 0 amide bonds. The summed E-state index contributed by atoms with van der Waals surface area (Å²) in [7, 11) is -3.59. The van der Waals surface area contributed by atoms with Crippen LogP contribution in [-0.4, -0.2) is 49.7 Å². The van der Waals surface area contributed by atoms with Crippen LogP contribution in [0.25, 0.3) is 0 Å². The van der Waals surface area contributed by atoms with Crippen LogP contribution in [0, 0.1) is 0 Å². The Labute approximate surface area is 132 Å². The van der Waals surface area contributed by atoms with E-state index in [1.54, 1.807) is 13.0 Å². The van der Waals surface area contributed by atoms with Gasteiger partial charge in [0.2, 0.25) is 10.0 Å². The van der Waals surface area contributed by atoms with Gasteiger partial charge in [0.05, 0.1) is 26.9 Å². The minimum Gasteiger partial charge on any atom is -0.394 e. The molecular formula is C10H13Br2NO4S2. The summed E-state index contributed by atoms with van der Waals surface area (Å²) in [5.74, 6) is 0. The van der Waals surface area contributed by atoms with E-state index in [4.69, 9.17) is 9.84 Å². The lowest BCUT2D eigenvalue weighted by Gasteiger charge is -2.36. The fourth-order valence-corrected chi connectivity index (χ4v) is 7.28. The predicted molar refractivity (Wildman–Crippen MR) is 79.9 cm³/mol. The van der Waals surface area contributed by atoms with E-state index < -0.39 is 16.1 Å². The van der Waals surface area contributed by atoms with Gasteiger partial charge in [-0.2, -0.15) is 4.31 Å². The molecule has 2 rings (SSSR count). The number of halogens is 2. The van der Waals surface area contributed by atoms with Crippen LogP contribution >= 0.6 is 43.2 Å². The monoisotopic (exact) mass is 433 g/mol. The third kappa shape index (κ3) is 3.22. The first-order chi connectivity index (χ1) is 8.86. The molecule has 1 fully saturated rings. The van der Waals surface area contributed by atoms with Crippen LogP contribution in [0.15, 0.2) is 18.5 Å². The summed E-state index contributed by atoms with van der Waals surface area (Å²) in [5, 5.41) is 9.13. The van der Waals surface area contributed by atoms with Gasteiger partial charge in [0.15, 0.2) is 0 Å². The van der Waals surface area contributed by atoms with Gasteiger partial charge in [-0.25, -0.2) is 8.42 Å². The fourth-order valence-electron chi connectivity index (χ4n) is 1.86. The molecule has 9 heteroatoms. The molecule has 1 aromatic rings. The fraction of sp³-hybridized carbons (Fsp3) is 0.600. The van der Waals surface area contributed by atoms with Crippen LogP contribution in [0.3, 0.4) is 0 Å². The number of nitrogens with zero attached hydrogens (tertiary/aromatic N) is 1.